The minimum atomic E-state index is -0.453. The molecule has 32 heavy (non-hydrogen) atoms. The van der Waals surface area contributed by atoms with E-state index in [-0.39, 0.29) is 24.0 Å². The second-order valence-corrected chi connectivity index (χ2v) is 7.68. The third-order valence-electron chi connectivity index (χ3n) is 4.89. The summed E-state index contributed by atoms with van der Waals surface area (Å²) in [6.07, 6.45) is 1.24. The lowest BCUT2D eigenvalue weighted by atomic mass is 10.2. The fourth-order valence-corrected chi connectivity index (χ4v) is 3.85. The van der Waals surface area contributed by atoms with Gasteiger partial charge >= 0.3 is 5.76 Å². The van der Waals surface area contributed by atoms with Crippen LogP contribution < -0.4 is 16.4 Å². The van der Waals surface area contributed by atoms with Crippen LogP contribution in [0.5, 0.6) is 0 Å². The standard InChI is InChI=1S/C20H15N7O4S/c1-27-12-6-10(2-3-13(12)31-20(27)30)7-21-19(29)16-14-15(22-9-23-16)17(26-25-14)24-18(28)11-4-5-32-8-11/h2-6,8-9H,7H2,1H3,(H,21,29)(H2,24,25,26,28). The number of benzene rings is 1. The molecule has 0 aliphatic heterocycles. The number of rotatable bonds is 5. The van der Waals surface area contributed by atoms with Crippen molar-refractivity contribution in [2.24, 2.45) is 7.05 Å². The summed E-state index contributed by atoms with van der Waals surface area (Å²) in [7, 11) is 1.61. The van der Waals surface area contributed by atoms with E-state index in [1.807, 2.05) is 0 Å². The molecule has 5 rings (SSSR count). The summed E-state index contributed by atoms with van der Waals surface area (Å²) >= 11 is 1.41. The highest BCUT2D eigenvalue weighted by Gasteiger charge is 2.19. The number of nitrogens with zero attached hydrogens (tertiary/aromatic N) is 4. The maximum Gasteiger partial charge on any atom is 0.419 e. The van der Waals surface area contributed by atoms with Crippen LogP contribution >= 0.6 is 11.3 Å². The number of carbonyl (C=O) groups excluding carboxylic acids is 2. The molecule has 0 aliphatic rings. The first-order valence-electron chi connectivity index (χ1n) is 9.40. The number of hydrogen-bond donors (Lipinski definition) is 3. The van der Waals surface area contributed by atoms with Gasteiger partial charge in [0.1, 0.15) is 17.4 Å². The minimum Gasteiger partial charge on any atom is -0.408 e. The maximum absolute atomic E-state index is 12.8. The highest BCUT2D eigenvalue weighted by molar-refractivity contribution is 7.08. The zero-order valence-corrected chi connectivity index (χ0v) is 17.4. The predicted molar refractivity (Wildman–Crippen MR) is 117 cm³/mol. The van der Waals surface area contributed by atoms with Gasteiger partial charge in [-0.05, 0) is 29.1 Å². The summed E-state index contributed by atoms with van der Waals surface area (Å²) in [5, 5.41) is 15.8. The van der Waals surface area contributed by atoms with Gasteiger partial charge in [-0.3, -0.25) is 19.3 Å². The van der Waals surface area contributed by atoms with Gasteiger partial charge in [-0.2, -0.15) is 16.4 Å². The zero-order chi connectivity index (χ0) is 22.2. The van der Waals surface area contributed by atoms with Crippen LogP contribution in [0.15, 0.2) is 50.6 Å². The summed E-state index contributed by atoms with van der Waals surface area (Å²) in [5.41, 5.74) is 3.11. The molecule has 0 atom stereocenters. The number of oxazole rings is 1. The first-order chi connectivity index (χ1) is 15.5. The Morgan fingerprint density at radius 3 is 2.91 bits per heavy atom. The Hall–Kier alpha value is -4.32. The number of H-pyrrole nitrogens is 1. The lowest BCUT2D eigenvalue weighted by molar-refractivity contribution is 0.0946. The van der Waals surface area contributed by atoms with Gasteiger partial charge in [0, 0.05) is 19.0 Å². The van der Waals surface area contributed by atoms with Crippen LogP contribution in [0.25, 0.3) is 22.1 Å². The summed E-state index contributed by atoms with van der Waals surface area (Å²) in [4.78, 5) is 44.9. The molecule has 1 aromatic carbocycles. The van der Waals surface area contributed by atoms with Crippen LogP contribution in [0.4, 0.5) is 5.82 Å². The highest BCUT2D eigenvalue weighted by Crippen LogP contribution is 2.21. The molecule has 5 aromatic rings. The van der Waals surface area contributed by atoms with E-state index in [2.05, 4.69) is 30.8 Å². The van der Waals surface area contributed by atoms with Crippen molar-refractivity contribution in [3.05, 3.63) is 68.7 Å². The number of fused-ring (bicyclic) bond motifs is 2. The fourth-order valence-electron chi connectivity index (χ4n) is 3.22. The molecule has 4 heterocycles. The molecule has 0 unspecified atom stereocenters. The number of anilines is 1. The topological polar surface area (TPSA) is 148 Å². The number of thiophene rings is 1. The third-order valence-corrected chi connectivity index (χ3v) is 5.57. The molecule has 12 heteroatoms. The van der Waals surface area contributed by atoms with Crippen LogP contribution in [0.3, 0.4) is 0 Å². The van der Waals surface area contributed by atoms with Crippen LogP contribution in [0, 0.1) is 0 Å². The average Bonchev–Trinajstić information content (AvgIpc) is 3.53. The largest absolute Gasteiger partial charge is 0.419 e. The van der Waals surface area contributed by atoms with E-state index in [4.69, 9.17) is 4.42 Å². The van der Waals surface area contributed by atoms with Gasteiger partial charge in [0.2, 0.25) is 0 Å². The molecule has 160 valence electrons. The first kappa shape index (κ1) is 19.6. The first-order valence-corrected chi connectivity index (χ1v) is 10.3. The van der Waals surface area contributed by atoms with Crippen molar-refractivity contribution in [2.45, 2.75) is 6.54 Å². The Kier molecular flexibility index (Phi) is 4.75. The van der Waals surface area contributed by atoms with E-state index < -0.39 is 11.7 Å². The van der Waals surface area contributed by atoms with Crippen molar-refractivity contribution < 1.29 is 14.0 Å². The lowest BCUT2D eigenvalue weighted by Crippen LogP contribution is -2.24. The smallest absolute Gasteiger partial charge is 0.408 e. The number of carbonyl (C=O) groups is 2. The molecule has 0 bridgehead atoms. The summed E-state index contributed by atoms with van der Waals surface area (Å²) in [6, 6.07) is 6.90. The molecule has 0 aliphatic carbocycles. The quantitative estimate of drug-likeness (QED) is 0.372. The molecular formula is C20H15N7O4S. The van der Waals surface area contributed by atoms with Crippen molar-refractivity contribution in [3.63, 3.8) is 0 Å². The Balaban J connectivity index is 1.36. The highest BCUT2D eigenvalue weighted by atomic mass is 32.1. The molecule has 4 aromatic heterocycles. The maximum atomic E-state index is 12.8. The van der Waals surface area contributed by atoms with E-state index >= 15 is 0 Å². The lowest BCUT2D eigenvalue weighted by Gasteiger charge is -2.06. The normalized spacial score (nSPS) is 11.2. The molecular weight excluding hydrogens is 434 g/mol. The van der Waals surface area contributed by atoms with E-state index in [9.17, 15) is 14.4 Å². The Morgan fingerprint density at radius 1 is 1.22 bits per heavy atom. The van der Waals surface area contributed by atoms with Gasteiger partial charge in [-0.15, -0.1) is 0 Å². The number of nitrogens with one attached hydrogen (secondary N) is 3. The van der Waals surface area contributed by atoms with Crippen molar-refractivity contribution in [1.82, 2.24) is 30.0 Å². The molecule has 3 N–H and O–H groups in total. The van der Waals surface area contributed by atoms with Gasteiger partial charge < -0.3 is 15.1 Å². The van der Waals surface area contributed by atoms with E-state index in [0.29, 0.717) is 27.7 Å². The minimum absolute atomic E-state index is 0.0929. The van der Waals surface area contributed by atoms with Crippen molar-refractivity contribution in [2.75, 3.05) is 5.32 Å². The molecule has 11 nitrogen and oxygen atoms in total. The molecule has 2 amide bonds. The Bertz CT molecular complexity index is 1530. The molecule has 0 fully saturated rings. The zero-order valence-electron chi connectivity index (χ0n) is 16.6. The van der Waals surface area contributed by atoms with Crippen molar-refractivity contribution in [3.8, 4) is 0 Å². The third kappa shape index (κ3) is 3.41. The molecule has 0 saturated heterocycles. The van der Waals surface area contributed by atoms with Crippen molar-refractivity contribution >= 4 is 51.1 Å². The van der Waals surface area contributed by atoms with Gasteiger partial charge in [-0.25, -0.2) is 14.8 Å². The van der Waals surface area contributed by atoms with Crippen LogP contribution in [0.2, 0.25) is 0 Å². The number of amides is 2. The number of aryl methyl sites for hydroxylation is 1. The van der Waals surface area contributed by atoms with Crippen LogP contribution in [0.1, 0.15) is 26.4 Å². The molecule has 0 spiro atoms. The summed E-state index contributed by atoms with van der Waals surface area (Å²) in [5.74, 6) is -1.02. The number of aromatic amines is 1. The second kappa shape index (κ2) is 7.74. The number of aromatic nitrogens is 5. The Labute approximate surface area is 183 Å². The van der Waals surface area contributed by atoms with Crippen LogP contribution in [-0.2, 0) is 13.6 Å². The predicted octanol–water partition coefficient (Wildman–Crippen LogP) is 2.04. The van der Waals surface area contributed by atoms with E-state index in [1.165, 1.54) is 22.2 Å². The van der Waals surface area contributed by atoms with E-state index in [0.717, 1.165) is 5.56 Å². The molecule has 0 radical (unpaired) electrons. The molecule has 0 saturated carbocycles. The average molecular weight is 449 g/mol. The summed E-state index contributed by atoms with van der Waals surface area (Å²) in [6.45, 7) is 0.204. The number of hydrogen-bond acceptors (Lipinski definition) is 8. The van der Waals surface area contributed by atoms with E-state index in [1.54, 1.807) is 42.1 Å². The summed E-state index contributed by atoms with van der Waals surface area (Å²) < 4.78 is 6.51. The van der Waals surface area contributed by atoms with Gasteiger partial charge in [0.05, 0.1) is 11.1 Å². The Morgan fingerprint density at radius 2 is 2.09 bits per heavy atom. The van der Waals surface area contributed by atoms with Gasteiger partial charge in [0.25, 0.3) is 11.8 Å². The van der Waals surface area contributed by atoms with Gasteiger partial charge in [0.15, 0.2) is 17.1 Å². The van der Waals surface area contributed by atoms with Crippen LogP contribution in [-0.4, -0.2) is 36.5 Å². The fraction of sp³-hybridized carbons (Fsp3) is 0.100. The second-order valence-electron chi connectivity index (χ2n) is 6.90. The monoisotopic (exact) mass is 449 g/mol. The van der Waals surface area contributed by atoms with Gasteiger partial charge in [-0.1, -0.05) is 6.07 Å². The SMILES string of the molecule is Cn1c(=O)oc2ccc(CNC(=O)c3ncnc4c(NC(=O)c5ccsc5)n[nH]c34)cc21. The van der Waals surface area contributed by atoms with Crippen molar-refractivity contribution in [1.29, 1.82) is 0 Å².